The van der Waals surface area contributed by atoms with Crippen LogP contribution >= 0.6 is 22.6 Å². The second-order valence-corrected chi connectivity index (χ2v) is 11.5. The quantitative estimate of drug-likeness (QED) is 0.467. The number of aromatic nitrogens is 2. The molecule has 1 amide bonds. The zero-order valence-corrected chi connectivity index (χ0v) is 19.6. The number of carbonyl (C=O) groups is 1. The molecule has 1 aromatic heterocycles. The third-order valence-corrected chi connectivity index (χ3v) is 8.17. The van der Waals surface area contributed by atoms with E-state index in [-0.39, 0.29) is 11.0 Å². The molecular formula is C21H32IN3O3. The van der Waals surface area contributed by atoms with Crippen molar-refractivity contribution in [1.82, 2.24) is 15.1 Å². The van der Waals surface area contributed by atoms with E-state index in [9.17, 15) is 4.79 Å². The summed E-state index contributed by atoms with van der Waals surface area (Å²) >= 11 is 2.37. The molecule has 0 saturated heterocycles. The fourth-order valence-electron chi connectivity index (χ4n) is 7.52. The number of hydrogen-bond acceptors (Lipinski definition) is 4. The second kappa shape index (κ2) is 6.86. The Balaban J connectivity index is 1.54. The lowest BCUT2D eigenvalue weighted by Crippen LogP contribution is -2.64. The number of ether oxygens (including phenoxy) is 2. The first-order chi connectivity index (χ1) is 13.1. The summed E-state index contributed by atoms with van der Waals surface area (Å²) in [5, 5.41) is 7.15. The van der Waals surface area contributed by atoms with Crippen LogP contribution in [-0.2, 0) is 16.0 Å². The zero-order valence-electron chi connectivity index (χ0n) is 17.4. The van der Waals surface area contributed by atoms with Gasteiger partial charge in [0.15, 0.2) is 0 Å². The van der Waals surface area contributed by atoms with Crippen LogP contribution in [0.2, 0.25) is 0 Å². The van der Waals surface area contributed by atoms with Crippen molar-refractivity contribution in [3.05, 3.63) is 15.5 Å². The van der Waals surface area contributed by atoms with Crippen LogP contribution in [0, 0.1) is 26.7 Å². The van der Waals surface area contributed by atoms with E-state index in [0.29, 0.717) is 24.0 Å². The average Bonchev–Trinajstić information content (AvgIpc) is 2.87. The third kappa shape index (κ3) is 3.68. The molecule has 7 heteroatoms. The van der Waals surface area contributed by atoms with E-state index >= 15 is 0 Å². The first-order valence-electron chi connectivity index (χ1n) is 10.3. The molecule has 4 aliphatic rings. The summed E-state index contributed by atoms with van der Waals surface area (Å²) < 4.78 is 15.1. The van der Waals surface area contributed by atoms with Gasteiger partial charge in [0, 0.05) is 19.3 Å². The Morgan fingerprint density at radius 3 is 2.43 bits per heavy atom. The van der Waals surface area contributed by atoms with Gasteiger partial charge in [-0.15, -0.1) is 0 Å². The molecular weight excluding hydrogens is 469 g/mol. The molecule has 4 aliphatic carbocycles. The first kappa shape index (κ1) is 20.4. The SMILES string of the molecule is CNC(=O)OCCOC12CC3(C)CC(C)(CC(Cn4ncc(I)c4C)(C3)C1)C2. The standard InChI is InChI=1S/C21H32IN3O3/c1-15-16(22)7-24-25(15)14-20-9-18(2)8-19(3,10-20)12-21(11-18,13-20)28-6-5-27-17(26)23-4/h7H,5-6,8-14H2,1-4H3,(H,23,26). The van der Waals surface area contributed by atoms with Crippen LogP contribution < -0.4 is 5.32 Å². The van der Waals surface area contributed by atoms with Crippen LogP contribution in [0.3, 0.4) is 0 Å². The Morgan fingerprint density at radius 2 is 1.86 bits per heavy atom. The molecule has 28 heavy (non-hydrogen) atoms. The highest BCUT2D eigenvalue weighted by molar-refractivity contribution is 14.1. The van der Waals surface area contributed by atoms with Gasteiger partial charge in [0.25, 0.3) is 0 Å². The van der Waals surface area contributed by atoms with E-state index in [0.717, 1.165) is 25.8 Å². The Hall–Kier alpha value is -0.830. The predicted octanol–water partition coefficient (Wildman–Crippen LogP) is 4.29. The summed E-state index contributed by atoms with van der Waals surface area (Å²) in [6.45, 7) is 8.83. The van der Waals surface area contributed by atoms with Crippen molar-refractivity contribution in [1.29, 1.82) is 0 Å². The van der Waals surface area contributed by atoms with E-state index in [4.69, 9.17) is 9.47 Å². The van der Waals surface area contributed by atoms with E-state index in [2.05, 4.69) is 58.5 Å². The number of rotatable bonds is 6. The van der Waals surface area contributed by atoms with Gasteiger partial charge in [-0.05, 0) is 84.3 Å². The fourth-order valence-corrected chi connectivity index (χ4v) is 7.92. The van der Waals surface area contributed by atoms with Crippen LogP contribution in [0.1, 0.15) is 58.1 Å². The molecule has 4 fully saturated rings. The third-order valence-electron chi connectivity index (χ3n) is 7.11. The minimum atomic E-state index is -0.395. The average molecular weight is 501 g/mol. The number of carbonyl (C=O) groups excluding carboxylic acids is 1. The minimum absolute atomic E-state index is 0.0987. The van der Waals surface area contributed by atoms with E-state index in [1.54, 1.807) is 7.05 Å². The summed E-state index contributed by atoms with van der Waals surface area (Å²) in [7, 11) is 1.58. The summed E-state index contributed by atoms with van der Waals surface area (Å²) in [6.07, 6.45) is 8.70. The Morgan fingerprint density at radius 1 is 1.18 bits per heavy atom. The van der Waals surface area contributed by atoms with Gasteiger partial charge in [0.2, 0.25) is 0 Å². The van der Waals surface area contributed by atoms with E-state index in [1.807, 2.05) is 6.20 Å². The van der Waals surface area contributed by atoms with Crippen molar-refractivity contribution in [2.45, 2.75) is 71.4 Å². The van der Waals surface area contributed by atoms with Gasteiger partial charge in [0.05, 0.1) is 22.0 Å². The largest absolute Gasteiger partial charge is 0.447 e. The van der Waals surface area contributed by atoms with Gasteiger partial charge in [-0.3, -0.25) is 4.68 Å². The first-order valence-corrected chi connectivity index (χ1v) is 11.3. The van der Waals surface area contributed by atoms with Crippen LogP contribution in [-0.4, -0.2) is 41.7 Å². The van der Waals surface area contributed by atoms with Crippen molar-refractivity contribution >= 4 is 28.7 Å². The van der Waals surface area contributed by atoms with Gasteiger partial charge in [-0.2, -0.15) is 5.10 Å². The second-order valence-electron chi connectivity index (χ2n) is 10.3. The van der Waals surface area contributed by atoms with Crippen molar-refractivity contribution in [2.24, 2.45) is 16.2 Å². The highest BCUT2D eigenvalue weighted by atomic mass is 127. The maximum absolute atomic E-state index is 11.3. The van der Waals surface area contributed by atoms with Crippen molar-refractivity contribution < 1.29 is 14.3 Å². The summed E-state index contributed by atoms with van der Waals surface area (Å²) in [5.41, 5.74) is 2.04. The van der Waals surface area contributed by atoms with E-state index < -0.39 is 6.09 Å². The number of nitrogens with one attached hydrogen (secondary N) is 1. The van der Waals surface area contributed by atoms with Crippen LogP contribution in [0.5, 0.6) is 0 Å². The van der Waals surface area contributed by atoms with Gasteiger partial charge < -0.3 is 14.8 Å². The van der Waals surface area contributed by atoms with Crippen LogP contribution in [0.25, 0.3) is 0 Å². The Labute approximate surface area is 181 Å². The summed E-state index contributed by atoms with van der Waals surface area (Å²) in [4.78, 5) is 11.3. The van der Waals surface area contributed by atoms with Crippen LogP contribution in [0.15, 0.2) is 6.20 Å². The Bertz CT molecular complexity index is 759. The molecule has 1 N–H and O–H groups in total. The molecule has 1 aromatic rings. The highest BCUT2D eigenvalue weighted by Gasteiger charge is 2.66. The molecule has 6 nitrogen and oxygen atoms in total. The number of amides is 1. The maximum atomic E-state index is 11.3. The molecule has 1 heterocycles. The molecule has 0 aliphatic heterocycles. The van der Waals surface area contributed by atoms with Crippen molar-refractivity contribution in [3.8, 4) is 0 Å². The van der Waals surface area contributed by atoms with Gasteiger partial charge in [-0.1, -0.05) is 13.8 Å². The van der Waals surface area contributed by atoms with Gasteiger partial charge in [-0.25, -0.2) is 4.79 Å². The van der Waals surface area contributed by atoms with Crippen molar-refractivity contribution in [2.75, 3.05) is 20.3 Å². The van der Waals surface area contributed by atoms with Crippen molar-refractivity contribution in [3.63, 3.8) is 0 Å². The van der Waals surface area contributed by atoms with E-state index in [1.165, 1.54) is 28.5 Å². The normalized spacial score (nSPS) is 38.6. The maximum Gasteiger partial charge on any atom is 0.406 e. The molecule has 4 bridgehead atoms. The Kier molecular flexibility index (Phi) is 5.01. The lowest BCUT2D eigenvalue weighted by atomic mass is 9.39. The highest BCUT2D eigenvalue weighted by Crippen LogP contribution is 2.72. The smallest absolute Gasteiger partial charge is 0.406 e. The predicted molar refractivity (Wildman–Crippen MR) is 115 cm³/mol. The molecule has 0 spiro atoms. The van der Waals surface area contributed by atoms with Crippen LogP contribution in [0.4, 0.5) is 4.79 Å². The molecule has 2 atom stereocenters. The number of nitrogens with zero attached hydrogens (tertiary/aromatic N) is 2. The zero-order chi connectivity index (χ0) is 20.2. The molecule has 5 rings (SSSR count). The lowest BCUT2D eigenvalue weighted by molar-refractivity contribution is -0.249. The molecule has 4 saturated carbocycles. The number of hydrogen-bond donors (Lipinski definition) is 1. The minimum Gasteiger partial charge on any atom is -0.447 e. The fraction of sp³-hybridized carbons (Fsp3) is 0.810. The number of halogens is 1. The number of alkyl carbamates (subject to hydrolysis) is 1. The molecule has 2 unspecified atom stereocenters. The van der Waals surface area contributed by atoms with Gasteiger partial charge in [0.1, 0.15) is 6.61 Å². The molecule has 0 radical (unpaired) electrons. The topological polar surface area (TPSA) is 65.4 Å². The summed E-state index contributed by atoms with van der Waals surface area (Å²) in [5.74, 6) is 0. The molecule has 0 aromatic carbocycles. The molecule has 156 valence electrons. The monoisotopic (exact) mass is 501 g/mol. The van der Waals surface area contributed by atoms with Gasteiger partial charge >= 0.3 is 6.09 Å². The summed E-state index contributed by atoms with van der Waals surface area (Å²) in [6, 6.07) is 0. The lowest BCUT2D eigenvalue weighted by Gasteiger charge is -2.69.